The van der Waals surface area contributed by atoms with Crippen LogP contribution in [0.5, 0.6) is 0 Å². The fourth-order valence-electron chi connectivity index (χ4n) is 0.710. The summed E-state index contributed by atoms with van der Waals surface area (Å²) in [7, 11) is 1.57. The normalized spacial score (nSPS) is 16.3. The molecule has 0 radical (unpaired) electrons. The van der Waals surface area contributed by atoms with Gasteiger partial charge in [0.25, 0.3) is 0 Å². The minimum absolute atomic E-state index is 0.193. The van der Waals surface area contributed by atoms with E-state index in [2.05, 4.69) is 4.98 Å². The highest BCUT2D eigenvalue weighted by molar-refractivity contribution is 7.09. The molecule has 0 bridgehead atoms. The molecular formula is C7H11NO2S. The number of aliphatic hydroxyl groups excluding tert-OH is 1. The van der Waals surface area contributed by atoms with Crippen LogP contribution in [0.1, 0.15) is 18.0 Å². The Balaban J connectivity index is 2.62. The second-order valence-corrected chi connectivity index (χ2v) is 3.18. The van der Waals surface area contributed by atoms with Gasteiger partial charge in [-0.15, -0.1) is 11.3 Å². The average molecular weight is 173 g/mol. The van der Waals surface area contributed by atoms with Crippen molar-refractivity contribution in [2.75, 3.05) is 7.11 Å². The third-order valence-corrected chi connectivity index (χ3v) is 2.37. The number of aromatic nitrogens is 1. The Morgan fingerprint density at radius 1 is 1.73 bits per heavy atom. The van der Waals surface area contributed by atoms with Gasteiger partial charge in [-0.3, -0.25) is 0 Å². The molecule has 1 N–H and O–H groups in total. The van der Waals surface area contributed by atoms with Gasteiger partial charge in [0.1, 0.15) is 11.1 Å². The van der Waals surface area contributed by atoms with Crippen LogP contribution in [0.2, 0.25) is 0 Å². The van der Waals surface area contributed by atoms with E-state index >= 15 is 0 Å². The van der Waals surface area contributed by atoms with Gasteiger partial charge in [0.15, 0.2) is 0 Å². The first-order chi connectivity index (χ1) is 5.25. The molecule has 0 aliphatic rings. The van der Waals surface area contributed by atoms with E-state index in [1.54, 1.807) is 13.3 Å². The van der Waals surface area contributed by atoms with Crippen molar-refractivity contribution in [3.63, 3.8) is 0 Å². The fourth-order valence-corrected chi connectivity index (χ4v) is 1.42. The summed E-state index contributed by atoms with van der Waals surface area (Å²) < 4.78 is 4.95. The fraction of sp³-hybridized carbons (Fsp3) is 0.571. The predicted octanol–water partition coefficient (Wildman–Crippen LogP) is 1.21. The zero-order valence-electron chi connectivity index (χ0n) is 6.52. The first-order valence-electron chi connectivity index (χ1n) is 3.36. The molecule has 0 saturated carbocycles. The summed E-state index contributed by atoms with van der Waals surface area (Å²) in [5.74, 6) is 0. The Kier molecular flexibility index (Phi) is 2.99. The van der Waals surface area contributed by atoms with E-state index in [1.165, 1.54) is 11.3 Å². The van der Waals surface area contributed by atoms with Crippen LogP contribution in [0.15, 0.2) is 11.6 Å². The second kappa shape index (κ2) is 3.80. The molecular weight excluding hydrogens is 162 g/mol. The molecule has 1 aromatic heterocycles. The van der Waals surface area contributed by atoms with Crippen molar-refractivity contribution in [1.29, 1.82) is 0 Å². The summed E-state index contributed by atoms with van der Waals surface area (Å²) in [6.45, 7) is 1.81. The van der Waals surface area contributed by atoms with E-state index < -0.39 is 6.10 Å². The summed E-state index contributed by atoms with van der Waals surface area (Å²) in [4.78, 5) is 3.97. The lowest BCUT2D eigenvalue weighted by atomic mass is 10.2. The first-order valence-corrected chi connectivity index (χ1v) is 4.24. The van der Waals surface area contributed by atoms with Crippen LogP contribution >= 0.6 is 11.3 Å². The molecule has 0 aromatic carbocycles. The molecule has 1 rings (SSSR count). The zero-order valence-corrected chi connectivity index (χ0v) is 7.34. The monoisotopic (exact) mass is 173 g/mol. The maximum absolute atomic E-state index is 9.50. The molecule has 0 aliphatic heterocycles. The highest BCUT2D eigenvalue weighted by Gasteiger charge is 2.17. The molecule has 3 nitrogen and oxygen atoms in total. The van der Waals surface area contributed by atoms with Gasteiger partial charge in [0, 0.05) is 18.7 Å². The number of rotatable bonds is 3. The molecule has 0 fully saturated rings. The number of hydrogen-bond donors (Lipinski definition) is 1. The van der Waals surface area contributed by atoms with Crippen LogP contribution in [0, 0.1) is 0 Å². The summed E-state index contributed by atoms with van der Waals surface area (Å²) >= 11 is 1.43. The Labute approximate surface area is 69.7 Å². The van der Waals surface area contributed by atoms with Crippen molar-refractivity contribution in [3.05, 3.63) is 16.6 Å². The van der Waals surface area contributed by atoms with Gasteiger partial charge in [0.05, 0.1) is 6.10 Å². The molecule has 0 aliphatic carbocycles. The van der Waals surface area contributed by atoms with Gasteiger partial charge in [-0.05, 0) is 6.92 Å². The molecule has 1 aromatic rings. The van der Waals surface area contributed by atoms with Gasteiger partial charge < -0.3 is 9.84 Å². The summed E-state index contributed by atoms with van der Waals surface area (Å²) in [6, 6.07) is 0. The van der Waals surface area contributed by atoms with E-state index in [1.807, 2.05) is 12.3 Å². The predicted molar refractivity (Wildman–Crippen MR) is 43.5 cm³/mol. The SMILES string of the molecule is COC(C)C(O)c1nccs1. The van der Waals surface area contributed by atoms with Crippen LogP contribution in [-0.4, -0.2) is 23.3 Å². The van der Waals surface area contributed by atoms with Gasteiger partial charge in [-0.1, -0.05) is 0 Å². The smallest absolute Gasteiger partial charge is 0.131 e. The molecule has 0 amide bonds. The Hall–Kier alpha value is -0.450. The maximum atomic E-state index is 9.50. The molecule has 2 unspecified atom stereocenters. The molecule has 62 valence electrons. The minimum Gasteiger partial charge on any atom is -0.383 e. The van der Waals surface area contributed by atoms with Gasteiger partial charge in [-0.2, -0.15) is 0 Å². The number of nitrogens with zero attached hydrogens (tertiary/aromatic N) is 1. The third-order valence-electron chi connectivity index (χ3n) is 1.52. The summed E-state index contributed by atoms with van der Waals surface area (Å²) in [5, 5.41) is 12.0. The highest BCUT2D eigenvalue weighted by atomic mass is 32.1. The van der Waals surface area contributed by atoms with Crippen LogP contribution < -0.4 is 0 Å². The van der Waals surface area contributed by atoms with E-state index in [-0.39, 0.29) is 6.10 Å². The molecule has 0 saturated heterocycles. The molecule has 2 atom stereocenters. The van der Waals surface area contributed by atoms with E-state index in [4.69, 9.17) is 4.74 Å². The largest absolute Gasteiger partial charge is 0.383 e. The summed E-state index contributed by atoms with van der Waals surface area (Å²) in [5.41, 5.74) is 0. The Morgan fingerprint density at radius 3 is 2.91 bits per heavy atom. The Bertz CT molecular complexity index is 200. The average Bonchev–Trinajstić information content (AvgIpc) is 2.53. The number of ether oxygens (including phenoxy) is 1. The lowest BCUT2D eigenvalue weighted by Gasteiger charge is -2.14. The number of methoxy groups -OCH3 is 1. The number of aliphatic hydroxyl groups is 1. The molecule has 4 heteroatoms. The van der Waals surface area contributed by atoms with Crippen molar-refractivity contribution in [2.24, 2.45) is 0 Å². The van der Waals surface area contributed by atoms with Crippen LogP contribution in [-0.2, 0) is 4.74 Å². The number of thiazole rings is 1. The molecule has 0 spiro atoms. The third kappa shape index (κ3) is 1.99. The van der Waals surface area contributed by atoms with Crippen molar-refractivity contribution in [3.8, 4) is 0 Å². The second-order valence-electron chi connectivity index (χ2n) is 2.26. The van der Waals surface area contributed by atoms with Crippen molar-refractivity contribution in [2.45, 2.75) is 19.1 Å². The van der Waals surface area contributed by atoms with Gasteiger partial charge in [0.2, 0.25) is 0 Å². The van der Waals surface area contributed by atoms with E-state index in [0.717, 1.165) is 0 Å². The lowest BCUT2D eigenvalue weighted by Crippen LogP contribution is -2.16. The van der Waals surface area contributed by atoms with Crippen LogP contribution in [0.25, 0.3) is 0 Å². The van der Waals surface area contributed by atoms with E-state index in [9.17, 15) is 5.11 Å². The summed E-state index contributed by atoms with van der Waals surface area (Å²) in [6.07, 6.45) is 0.882. The number of hydrogen-bond acceptors (Lipinski definition) is 4. The Morgan fingerprint density at radius 2 is 2.45 bits per heavy atom. The van der Waals surface area contributed by atoms with Crippen molar-refractivity contribution < 1.29 is 9.84 Å². The van der Waals surface area contributed by atoms with Crippen LogP contribution in [0.3, 0.4) is 0 Å². The van der Waals surface area contributed by atoms with Crippen LogP contribution in [0.4, 0.5) is 0 Å². The van der Waals surface area contributed by atoms with E-state index in [0.29, 0.717) is 5.01 Å². The molecule has 1 heterocycles. The molecule has 11 heavy (non-hydrogen) atoms. The quantitative estimate of drug-likeness (QED) is 0.747. The highest BCUT2D eigenvalue weighted by Crippen LogP contribution is 2.19. The standard InChI is InChI=1S/C7H11NO2S/c1-5(10-2)6(9)7-8-3-4-11-7/h3-6,9H,1-2H3. The maximum Gasteiger partial charge on any atom is 0.131 e. The van der Waals surface area contributed by atoms with Crippen molar-refractivity contribution >= 4 is 11.3 Å². The van der Waals surface area contributed by atoms with Crippen molar-refractivity contribution in [1.82, 2.24) is 4.98 Å². The minimum atomic E-state index is -0.597. The first kappa shape index (κ1) is 8.64. The zero-order chi connectivity index (χ0) is 8.27. The van der Waals surface area contributed by atoms with Gasteiger partial charge in [-0.25, -0.2) is 4.98 Å². The van der Waals surface area contributed by atoms with Gasteiger partial charge >= 0.3 is 0 Å². The topological polar surface area (TPSA) is 42.4 Å². The lowest BCUT2D eigenvalue weighted by molar-refractivity contribution is -0.00152.